The van der Waals surface area contributed by atoms with Crippen LogP contribution in [0.5, 0.6) is 0 Å². The molecule has 0 amide bonds. The monoisotopic (exact) mass is 290 g/mol. The lowest BCUT2D eigenvalue weighted by Crippen LogP contribution is -2.23. The van der Waals surface area contributed by atoms with Crippen LogP contribution in [0.15, 0.2) is 41.7 Å². The maximum atomic E-state index is 12.1. The number of imidazole rings is 1. The van der Waals surface area contributed by atoms with Crippen LogP contribution in [0.4, 0.5) is 0 Å². The molecule has 0 saturated carbocycles. The number of aromatic nitrogens is 2. The lowest BCUT2D eigenvalue weighted by molar-refractivity contribution is 0.580. The number of sulfonamides is 1. The smallest absolute Gasteiger partial charge is 0.240 e. The molecule has 0 radical (unpaired) electrons. The Bertz CT molecular complexity index is 727. The molecule has 0 fully saturated rings. The van der Waals surface area contributed by atoms with Gasteiger partial charge >= 0.3 is 0 Å². The van der Waals surface area contributed by atoms with Crippen molar-refractivity contribution < 1.29 is 8.42 Å². The molecule has 0 spiro atoms. The molecule has 20 heavy (non-hydrogen) atoms. The number of H-pyrrole nitrogens is 1. The SMILES string of the molecule is NCC#Cc1cccc(S(=O)(=O)NCc2cnc[nH]2)c1. The quantitative estimate of drug-likeness (QED) is 0.700. The van der Waals surface area contributed by atoms with E-state index in [2.05, 4.69) is 26.5 Å². The highest BCUT2D eigenvalue weighted by Crippen LogP contribution is 2.11. The van der Waals surface area contributed by atoms with Crippen molar-refractivity contribution >= 4 is 10.0 Å². The van der Waals surface area contributed by atoms with Crippen LogP contribution >= 0.6 is 0 Å². The number of hydrogen-bond acceptors (Lipinski definition) is 4. The number of nitrogens with one attached hydrogen (secondary N) is 2. The molecule has 1 aromatic carbocycles. The van der Waals surface area contributed by atoms with Crippen LogP contribution in [0.25, 0.3) is 0 Å². The van der Waals surface area contributed by atoms with Gasteiger partial charge in [-0.25, -0.2) is 18.1 Å². The second-order valence-corrected chi connectivity index (χ2v) is 5.70. The number of nitrogens with two attached hydrogens (primary N) is 1. The molecule has 0 aliphatic rings. The van der Waals surface area contributed by atoms with Gasteiger partial charge in [-0.2, -0.15) is 0 Å². The fraction of sp³-hybridized carbons (Fsp3) is 0.154. The molecule has 104 valence electrons. The summed E-state index contributed by atoms with van der Waals surface area (Å²) in [6.07, 6.45) is 3.05. The van der Waals surface area contributed by atoms with Crippen LogP contribution in [0, 0.1) is 11.8 Å². The average molecular weight is 290 g/mol. The average Bonchev–Trinajstić information content (AvgIpc) is 2.97. The van der Waals surface area contributed by atoms with Gasteiger partial charge in [0.05, 0.1) is 24.3 Å². The highest BCUT2D eigenvalue weighted by Gasteiger charge is 2.14. The summed E-state index contributed by atoms with van der Waals surface area (Å²) < 4.78 is 26.8. The number of nitrogens with zero attached hydrogens (tertiary/aromatic N) is 1. The van der Waals surface area contributed by atoms with Crippen LogP contribution in [0.3, 0.4) is 0 Å². The molecule has 1 aromatic heterocycles. The maximum absolute atomic E-state index is 12.1. The van der Waals surface area contributed by atoms with Gasteiger partial charge in [0.15, 0.2) is 0 Å². The van der Waals surface area contributed by atoms with Crippen molar-refractivity contribution in [3.05, 3.63) is 48.0 Å². The van der Waals surface area contributed by atoms with Crippen molar-refractivity contribution in [2.75, 3.05) is 6.54 Å². The van der Waals surface area contributed by atoms with Crippen molar-refractivity contribution in [3.8, 4) is 11.8 Å². The molecule has 0 aliphatic heterocycles. The Morgan fingerprint density at radius 1 is 1.40 bits per heavy atom. The first-order valence-corrected chi connectivity index (χ1v) is 7.36. The minimum Gasteiger partial charge on any atom is -0.347 e. The van der Waals surface area contributed by atoms with E-state index in [0.717, 1.165) is 0 Å². The van der Waals surface area contributed by atoms with Crippen molar-refractivity contribution in [3.63, 3.8) is 0 Å². The standard InChI is InChI=1S/C13H14N4O2S/c14-6-2-4-11-3-1-5-13(7-11)20(18,19)17-9-12-8-15-10-16-12/h1,3,5,7-8,10,17H,6,9,14H2,(H,15,16). The molecule has 2 aromatic rings. The molecule has 6 nitrogen and oxygen atoms in total. The van der Waals surface area contributed by atoms with E-state index in [1.54, 1.807) is 18.3 Å². The molecule has 1 heterocycles. The van der Waals surface area contributed by atoms with Crippen molar-refractivity contribution in [2.45, 2.75) is 11.4 Å². The van der Waals surface area contributed by atoms with E-state index in [0.29, 0.717) is 11.3 Å². The van der Waals surface area contributed by atoms with Gasteiger partial charge in [0.1, 0.15) is 0 Å². The zero-order valence-corrected chi connectivity index (χ0v) is 11.4. The molecule has 0 saturated heterocycles. The first-order chi connectivity index (χ1) is 9.62. The molecule has 2 rings (SSSR count). The Morgan fingerprint density at radius 2 is 2.25 bits per heavy atom. The van der Waals surface area contributed by atoms with Crippen LogP contribution in [0.1, 0.15) is 11.3 Å². The van der Waals surface area contributed by atoms with Crippen LogP contribution in [0.2, 0.25) is 0 Å². The Balaban J connectivity index is 2.16. The summed E-state index contributed by atoms with van der Waals surface area (Å²) in [7, 11) is -3.58. The second kappa shape index (κ2) is 6.34. The van der Waals surface area contributed by atoms with E-state index in [-0.39, 0.29) is 18.0 Å². The summed E-state index contributed by atoms with van der Waals surface area (Å²) in [6, 6.07) is 6.41. The zero-order valence-electron chi connectivity index (χ0n) is 10.6. The van der Waals surface area contributed by atoms with Crippen molar-refractivity contribution in [2.24, 2.45) is 5.73 Å². The molecule has 4 N–H and O–H groups in total. The topological polar surface area (TPSA) is 101 Å². The maximum Gasteiger partial charge on any atom is 0.240 e. The van der Waals surface area contributed by atoms with Gasteiger partial charge < -0.3 is 10.7 Å². The van der Waals surface area contributed by atoms with Crippen LogP contribution in [-0.4, -0.2) is 24.9 Å². The van der Waals surface area contributed by atoms with Gasteiger partial charge in [-0.15, -0.1) is 0 Å². The summed E-state index contributed by atoms with van der Waals surface area (Å²) >= 11 is 0. The number of rotatable bonds is 4. The predicted molar refractivity (Wildman–Crippen MR) is 75.0 cm³/mol. The van der Waals surface area contributed by atoms with Gasteiger partial charge in [0.2, 0.25) is 10.0 Å². The Labute approximate surface area is 117 Å². The van der Waals surface area contributed by atoms with Crippen LogP contribution < -0.4 is 10.5 Å². The predicted octanol–water partition coefficient (Wildman–Crippen LogP) is 0.198. The Kier molecular flexibility index (Phi) is 4.53. The summed E-state index contributed by atoms with van der Waals surface area (Å²) in [6.45, 7) is 0.385. The summed E-state index contributed by atoms with van der Waals surface area (Å²) in [5.41, 5.74) is 6.59. The number of aromatic amines is 1. The Morgan fingerprint density at radius 3 is 2.95 bits per heavy atom. The van der Waals surface area contributed by atoms with Crippen molar-refractivity contribution in [1.29, 1.82) is 0 Å². The zero-order chi connectivity index (χ0) is 14.4. The third-order valence-electron chi connectivity index (χ3n) is 2.49. The van der Waals surface area contributed by atoms with Gasteiger partial charge in [-0.05, 0) is 18.2 Å². The highest BCUT2D eigenvalue weighted by molar-refractivity contribution is 7.89. The number of hydrogen-bond donors (Lipinski definition) is 3. The van der Waals surface area contributed by atoms with Gasteiger partial charge in [0.25, 0.3) is 0 Å². The minimum absolute atomic E-state index is 0.154. The normalized spacial score (nSPS) is 10.8. The van der Waals surface area contributed by atoms with E-state index in [1.807, 2.05) is 0 Å². The molecular weight excluding hydrogens is 276 g/mol. The van der Waals surface area contributed by atoms with E-state index in [9.17, 15) is 8.42 Å². The summed E-state index contributed by atoms with van der Waals surface area (Å²) in [5.74, 6) is 5.49. The lowest BCUT2D eigenvalue weighted by Gasteiger charge is -2.05. The highest BCUT2D eigenvalue weighted by atomic mass is 32.2. The molecule has 7 heteroatoms. The van der Waals surface area contributed by atoms with E-state index in [1.165, 1.54) is 18.5 Å². The van der Waals surface area contributed by atoms with E-state index in [4.69, 9.17) is 5.73 Å². The third kappa shape index (κ3) is 3.68. The minimum atomic E-state index is -3.58. The molecule has 0 bridgehead atoms. The first kappa shape index (κ1) is 14.3. The molecular formula is C13H14N4O2S. The second-order valence-electron chi connectivity index (χ2n) is 3.94. The van der Waals surface area contributed by atoms with Crippen LogP contribution in [-0.2, 0) is 16.6 Å². The van der Waals surface area contributed by atoms with E-state index >= 15 is 0 Å². The molecule has 0 atom stereocenters. The van der Waals surface area contributed by atoms with Gasteiger partial charge in [-0.1, -0.05) is 17.9 Å². The van der Waals surface area contributed by atoms with Gasteiger partial charge in [-0.3, -0.25) is 0 Å². The summed E-state index contributed by atoms with van der Waals surface area (Å²) in [5, 5.41) is 0. The first-order valence-electron chi connectivity index (χ1n) is 5.88. The fourth-order valence-electron chi connectivity index (χ4n) is 1.53. The third-order valence-corrected chi connectivity index (χ3v) is 3.89. The summed E-state index contributed by atoms with van der Waals surface area (Å²) in [4.78, 5) is 6.82. The Hall–Kier alpha value is -2.14. The van der Waals surface area contributed by atoms with Crippen molar-refractivity contribution in [1.82, 2.24) is 14.7 Å². The lowest BCUT2D eigenvalue weighted by atomic mass is 10.2. The number of benzene rings is 1. The molecule has 0 aliphatic carbocycles. The van der Waals surface area contributed by atoms with Gasteiger partial charge in [0, 0.05) is 17.5 Å². The largest absolute Gasteiger partial charge is 0.347 e. The molecule has 0 unspecified atom stereocenters. The fourth-order valence-corrected chi connectivity index (χ4v) is 2.58. The van der Waals surface area contributed by atoms with E-state index < -0.39 is 10.0 Å².